The molecule has 0 heterocycles. The van der Waals surface area contributed by atoms with E-state index >= 15 is 0 Å². The van der Waals surface area contributed by atoms with Crippen molar-refractivity contribution in [1.82, 2.24) is 5.32 Å². The third kappa shape index (κ3) is 6.04. The van der Waals surface area contributed by atoms with Crippen molar-refractivity contribution >= 4 is 0 Å². The Labute approximate surface area is 101 Å². The monoisotopic (exact) mass is 239 g/mol. The Morgan fingerprint density at radius 2 is 2.24 bits per heavy atom. The minimum Gasteiger partial charge on any atom is -0.508 e. The Hall–Kier alpha value is -1.39. The van der Waals surface area contributed by atoms with E-state index in [1.54, 1.807) is 0 Å². The lowest BCUT2D eigenvalue weighted by atomic mass is 10.2. The van der Waals surface area contributed by atoms with Crippen LogP contribution in [0, 0.1) is 5.82 Å². The van der Waals surface area contributed by atoms with Gasteiger partial charge in [0.1, 0.15) is 11.6 Å². The van der Waals surface area contributed by atoms with Crippen LogP contribution in [-0.2, 0) is 11.3 Å². The first-order valence-corrected chi connectivity index (χ1v) is 5.49. The molecule has 1 aromatic carbocycles. The maximum Gasteiger partial charge on any atom is 0.127 e. The molecule has 0 amide bonds. The zero-order valence-electron chi connectivity index (χ0n) is 10.0. The molecule has 0 unspecified atom stereocenters. The number of benzene rings is 1. The second-order valence-corrected chi connectivity index (χ2v) is 4.00. The molecule has 0 fully saturated rings. The molecule has 0 saturated carbocycles. The van der Waals surface area contributed by atoms with Crippen molar-refractivity contribution in [2.45, 2.75) is 13.5 Å². The Kier molecular flexibility index (Phi) is 5.66. The van der Waals surface area contributed by atoms with Crippen LogP contribution in [0.1, 0.15) is 12.5 Å². The predicted molar refractivity (Wildman–Crippen MR) is 65.4 cm³/mol. The van der Waals surface area contributed by atoms with Crippen LogP contribution in [0.3, 0.4) is 0 Å². The van der Waals surface area contributed by atoms with Crippen LogP contribution < -0.4 is 5.32 Å². The van der Waals surface area contributed by atoms with Crippen LogP contribution in [-0.4, -0.2) is 24.9 Å². The summed E-state index contributed by atoms with van der Waals surface area (Å²) in [6, 6.07) is 4.01. The molecule has 0 spiro atoms. The van der Waals surface area contributed by atoms with E-state index in [-0.39, 0.29) is 5.75 Å². The summed E-state index contributed by atoms with van der Waals surface area (Å²) >= 11 is 0. The van der Waals surface area contributed by atoms with Crippen molar-refractivity contribution in [2.75, 3.05) is 19.8 Å². The summed E-state index contributed by atoms with van der Waals surface area (Å²) in [5.41, 5.74) is 1.70. The molecule has 0 aliphatic heterocycles. The van der Waals surface area contributed by atoms with Gasteiger partial charge in [-0.2, -0.15) is 0 Å². The molecule has 1 rings (SSSR count). The summed E-state index contributed by atoms with van der Waals surface area (Å²) in [6.45, 7) is 7.94. The topological polar surface area (TPSA) is 41.5 Å². The van der Waals surface area contributed by atoms with Gasteiger partial charge in [0, 0.05) is 19.2 Å². The van der Waals surface area contributed by atoms with E-state index in [2.05, 4.69) is 11.9 Å². The fourth-order valence-corrected chi connectivity index (χ4v) is 1.36. The van der Waals surface area contributed by atoms with Crippen molar-refractivity contribution in [1.29, 1.82) is 0 Å². The average Bonchev–Trinajstić information content (AvgIpc) is 2.21. The highest BCUT2D eigenvalue weighted by Gasteiger charge is 1.99. The minimum absolute atomic E-state index is 0.0552. The molecular weight excluding hydrogens is 221 g/mol. The zero-order valence-corrected chi connectivity index (χ0v) is 10.0. The zero-order chi connectivity index (χ0) is 12.7. The molecule has 3 nitrogen and oxygen atoms in total. The summed E-state index contributed by atoms with van der Waals surface area (Å²) in [7, 11) is 0. The van der Waals surface area contributed by atoms with Gasteiger partial charge in [-0.1, -0.05) is 12.2 Å². The number of nitrogens with one attached hydrogen (secondary N) is 1. The maximum absolute atomic E-state index is 12.9. The van der Waals surface area contributed by atoms with Crippen LogP contribution in [0.25, 0.3) is 0 Å². The van der Waals surface area contributed by atoms with Crippen LogP contribution in [0.15, 0.2) is 30.4 Å². The highest BCUT2D eigenvalue weighted by Crippen LogP contribution is 2.14. The van der Waals surface area contributed by atoms with Gasteiger partial charge in [0.25, 0.3) is 0 Å². The predicted octanol–water partition coefficient (Wildman–Crippen LogP) is 2.21. The van der Waals surface area contributed by atoms with Gasteiger partial charge in [0.15, 0.2) is 0 Å². The van der Waals surface area contributed by atoms with E-state index in [0.717, 1.165) is 11.6 Å². The number of rotatable bonds is 7. The molecule has 94 valence electrons. The van der Waals surface area contributed by atoms with Crippen molar-refractivity contribution in [2.24, 2.45) is 0 Å². The number of phenolic OH excluding ortho intramolecular Hbond substituents is 1. The highest BCUT2D eigenvalue weighted by atomic mass is 19.1. The molecule has 17 heavy (non-hydrogen) atoms. The second kappa shape index (κ2) is 7.04. The summed E-state index contributed by atoms with van der Waals surface area (Å²) in [5.74, 6) is -0.485. The molecule has 0 aliphatic rings. The van der Waals surface area contributed by atoms with Crippen LogP contribution in [0.2, 0.25) is 0 Å². The molecule has 4 heteroatoms. The average molecular weight is 239 g/mol. The highest BCUT2D eigenvalue weighted by molar-refractivity contribution is 5.28. The third-order valence-corrected chi connectivity index (χ3v) is 2.04. The molecule has 0 bridgehead atoms. The van der Waals surface area contributed by atoms with Crippen molar-refractivity contribution < 1.29 is 14.2 Å². The quantitative estimate of drug-likeness (QED) is 0.566. The largest absolute Gasteiger partial charge is 0.508 e. The van der Waals surface area contributed by atoms with Gasteiger partial charge in [-0.15, -0.1) is 0 Å². The van der Waals surface area contributed by atoms with Gasteiger partial charge >= 0.3 is 0 Å². The van der Waals surface area contributed by atoms with Gasteiger partial charge in [-0.25, -0.2) is 4.39 Å². The van der Waals surface area contributed by atoms with Crippen molar-refractivity contribution in [3.05, 3.63) is 41.7 Å². The number of aromatic hydroxyl groups is 1. The van der Waals surface area contributed by atoms with Gasteiger partial charge in [0.2, 0.25) is 0 Å². The first-order chi connectivity index (χ1) is 8.08. The molecule has 0 aromatic heterocycles. The van der Waals surface area contributed by atoms with Gasteiger partial charge in [0.05, 0.1) is 13.2 Å². The fourth-order valence-electron chi connectivity index (χ4n) is 1.36. The maximum atomic E-state index is 12.9. The van der Waals surface area contributed by atoms with E-state index in [0.29, 0.717) is 31.9 Å². The fraction of sp³-hybridized carbons (Fsp3) is 0.385. The molecular formula is C13H18FNO2. The third-order valence-electron chi connectivity index (χ3n) is 2.04. The van der Waals surface area contributed by atoms with Crippen LogP contribution >= 0.6 is 0 Å². The Bertz CT molecular complexity index is 359. The van der Waals surface area contributed by atoms with E-state index in [9.17, 15) is 9.50 Å². The van der Waals surface area contributed by atoms with Crippen molar-refractivity contribution in [3.8, 4) is 5.75 Å². The molecule has 0 atom stereocenters. The van der Waals surface area contributed by atoms with E-state index in [1.165, 1.54) is 12.1 Å². The van der Waals surface area contributed by atoms with Gasteiger partial charge in [-0.05, 0) is 24.6 Å². The SMILES string of the molecule is C=C(C)COCCNCc1cc(O)cc(F)c1. The minimum atomic E-state index is -0.430. The molecule has 0 radical (unpaired) electrons. The number of ether oxygens (including phenoxy) is 1. The van der Waals surface area contributed by atoms with E-state index in [1.807, 2.05) is 6.92 Å². The van der Waals surface area contributed by atoms with E-state index in [4.69, 9.17) is 4.74 Å². The summed E-state index contributed by atoms with van der Waals surface area (Å²) in [4.78, 5) is 0. The number of hydrogen-bond acceptors (Lipinski definition) is 3. The van der Waals surface area contributed by atoms with Crippen LogP contribution in [0.5, 0.6) is 5.75 Å². The standard InChI is InChI=1S/C13H18FNO2/c1-10(2)9-17-4-3-15-8-11-5-12(14)7-13(16)6-11/h5-7,15-16H,1,3-4,8-9H2,2H3. The Morgan fingerprint density at radius 1 is 1.47 bits per heavy atom. The smallest absolute Gasteiger partial charge is 0.127 e. The Morgan fingerprint density at radius 3 is 2.88 bits per heavy atom. The van der Waals surface area contributed by atoms with Gasteiger partial charge < -0.3 is 15.2 Å². The normalized spacial score (nSPS) is 10.5. The number of phenols is 1. The molecule has 2 N–H and O–H groups in total. The van der Waals surface area contributed by atoms with Gasteiger partial charge in [-0.3, -0.25) is 0 Å². The molecule has 1 aromatic rings. The summed E-state index contributed by atoms with van der Waals surface area (Å²) in [5, 5.41) is 12.3. The lowest BCUT2D eigenvalue weighted by Gasteiger charge is -2.06. The number of hydrogen-bond donors (Lipinski definition) is 2. The Balaban J connectivity index is 2.20. The lowest BCUT2D eigenvalue weighted by molar-refractivity contribution is 0.157. The molecule has 0 saturated heterocycles. The van der Waals surface area contributed by atoms with Crippen LogP contribution in [0.4, 0.5) is 4.39 Å². The number of halogens is 1. The first-order valence-electron chi connectivity index (χ1n) is 5.49. The molecule has 0 aliphatic carbocycles. The van der Waals surface area contributed by atoms with E-state index < -0.39 is 5.82 Å². The lowest BCUT2D eigenvalue weighted by Crippen LogP contribution is -2.19. The first kappa shape index (κ1) is 13.7. The van der Waals surface area contributed by atoms with Crippen molar-refractivity contribution in [3.63, 3.8) is 0 Å². The summed E-state index contributed by atoms with van der Waals surface area (Å²) < 4.78 is 18.2. The summed E-state index contributed by atoms with van der Waals surface area (Å²) in [6.07, 6.45) is 0. The second-order valence-electron chi connectivity index (χ2n) is 4.00.